The van der Waals surface area contributed by atoms with Gasteiger partial charge in [-0.05, 0) is 55.7 Å². The molecule has 0 saturated heterocycles. The molecular formula is C15H23BrN2O2S. The molecule has 0 aromatic carbocycles. The third-order valence-electron chi connectivity index (χ3n) is 4.27. The third kappa shape index (κ3) is 5.04. The predicted molar refractivity (Wildman–Crippen MR) is 89.0 cm³/mol. The molecule has 1 aromatic rings. The summed E-state index contributed by atoms with van der Waals surface area (Å²) in [6.07, 6.45) is 7.89. The Balaban J connectivity index is 1.96. The smallest absolute Gasteiger partial charge is 0.212 e. The van der Waals surface area contributed by atoms with Gasteiger partial charge in [0.25, 0.3) is 0 Å². The Morgan fingerprint density at radius 3 is 2.52 bits per heavy atom. The normalized spacial score (nSPS) is 26.7. The van der Waals surface area contributed by atoms with Gasteiger partial charge in [-0.15, -0.1) is 0 Å². The van der Waals surface area contributed by atoms with Crippen LogP contribution in [0.25, 0.3) is 0 Å². The van der Waals surface area contributed by atoms with Crippen LogP contribution in [-0.2, 0) is 16.4 Å². The molecule has 1 saturated carbocycles. The van der Waals surface area contributed by atoms with Crippen LogP contribution < -0.4 is 4.72 Å². The lowest BCUT2D eigenvalue weighted by Gasteiger charge is -2.38. The number of rotatable bonds is 6. The van der Waals surface area contributed by atoms with Gasteiger partial charge in [0, 0.05) is 23.3 Å². The second-order valence-corrected chi connectivity index (χ2v) is 8.53. The number of sulfonamides is 1. The summed E-state index contributed by atoms with van der Waals surface area (Å²) in [6, 6.07) is 3.72. The first kappa shape index (κ1) is 16.9. The number of alkyl halides is 1. The minimum Gasteiger partial charge on any atom is -0.265 e. The zero-order valence-corrected chi connectivity index (χ0v) is 14.8. The Labute approximate surface area is 135 Å². The molecular weight excluding hydrogens is 352 g/mol. The van der Waals surface area contributed by atoms with Crippen LogP contribution in [0.4, 0.5) is 0 Å². The van der Waals surface area contributed by atoms with Gasteiger partial charge in [0.1, 0.15) is 0 Å². The molecule has 0 unspecified atom stereocenters. The van der Waals surface area contributed by atoms with Gasteiger partial charge in [-0.2, -0.15) is 0 Å². The monoisotopic (exact) mass is 374 g/mol. The first-order valence-electron chi connectivity index (χ1n) is 7.41. The molecule has 1 aromatic heterocycles. The molecule has 0 amide bonds. The van der Waals surface area contributed by atoms with Crippen molar-refractivity contribution in [2.75, 3.05) is 11.1 Å². The first-order valence-corrected chi connectivity index (χ1v) is 10.2. The summed E-state index contributed by atoms with van der Waals surface area (Å²) in [5, 5.41) is 0.682. The Morgan fingerprint density at radius 1 is 1.33 bits per heavy atom. The van der Waals surface area contributed by atoms with Crippen molar-refractivity contribution < 1.29 is 8.42 Å². The van der Waals surface area contributed by atoms with Crippen LogP contribution in [-0.4, -0.2) is 30.0 Å². The van der Waals surface area contributed by atoms with E-state index in [0.29, 0.717) is 17.7 Å². The van der Waals surface area contributed by atoms with Crippen molar-refractivity contribution >= 4 is 26.0 Å². The van der Waals surface area contributed by atoms with Crippen molar-refractivity contribution in [3.63, 3.8) is 0 Å². The van der Waals surface area contributed by atoms with E-state index in [-0.39, 0.29) is 11.3 Å². The third-order valence-corrected chi connectivity index (χ3v) is 6.83. The van der Waals surface area contributed by atoms with Crippen molar-refractivity contribution in [1.29, 1.82) is 0 Å². The van der Waals surface area contributed by atoms with Gasteiger partial charge in [-0.3, -0.25) is 4.98 Å². The van der Waals surface area contributed by atoms with Crippen molar-refractivity contribution in [1.82, 2.24) is 9.71 Å². The molecule has 1 aliphatic rings. The summed E-state index contributed by atoms with van der Waals surface area (Å²) in [5.41, 5.74) is 0.698. The van der Waals surface area contributed by atoms with Crippen LogP contribution in [0.3, 0.4) is 0 Å². The molecule has 0 atom stereocenters. The van der Waals surface area contributed by atoms with Crippen molar-refractivity contribution in [2.45, 2.75) is 44.6 Å². The molecule has 1 fully saturated rings. The fourth-order valence-corrected chi connectivity index (χ4v) is 5.19. The van der Waals surface area contributed by atoms with Gasteiger partial charge in [0.15, 0.2) is 0 Å². The Bertz CT molecular complexity index is 540. The fourth-order valence-electron chi connectivity index (χ4n) is 2.76. The molecule has 1 heterocycles. The lowest BCUT2D eigenvalue weighted by atomic mass is 9.79. The van der Waals surface area contributed by atoms with Gasteiger partial charge in [0.05, 0.1) is 5.75 Å². The van der Waals surface area contributed by atoms with E-state index in [2.05, 4.69) is 32.6 Å². The van der Waals surface area contributed by atoms with Gasteiger partial charge in [-0.25, -0.2) is 13.1 Å². The Kier molecular flexibility index (Phi) is 5.80. The van der Waals surface area contributed by atoms with Crippen LogP contribution in [0.5, 0.6) is 0 Å². The van der Waals surface area contributed by atoms with Crippen LogP contribution in [0.2, 0.25) is 0 Å². The molecule has 1 aliphatic carbocycles. The van der Waals surface area contributed by atoms with Crippen molar-refractivity contribution in [3.05, 3.63) is 30.1 Å². The molecule has 2 rings (SSSR count). The highest BCUT2D eigenvalue weighted by atomic mass is 79.9. The topological polar surface area (TPSA) is 59.1 Å². The maximum atomic E-state index is 12.4. The summed E-state index contributed by atoms with van der Waals surface area (Å²) < 4.78 is 27.7. The highest BCUT2D eigenvalue weighted by molar-refractivity contribution is 9.09. The maximum absolute atomic E-state index is 12.4. The van der Waals surface area contributed by atoms with E-state index in [1.165, 1.54) is 0 Å². The average molecular weight is 375 g/mol. The van der Waals surface area contributed by atoms with Crippen molar-refractivity contribution in [2.24, 2.45) is 5.92 Å². The second-order valence-electron chi connectivity index (χ2n) is 6.12. The van der Waals surface area contributed by atoms with Crippen LogP contribution >= 0.6 is 15.9 Å². The molecule has 0 bridgehead atoms. The highest BCUT2D eigenvalue weighted by Gasteiger charge is 2.36. The Hall–Kier alpha value is -0.460. The summed E-state index contributed by atoms with van der Waals surface area (Å²) in [6.45, 7) is 2.23. The summed E-state index contributed by atoms with van der Waals surface area (Å²) >= 11 is 3.50. The second kappa shape index (κ2) is 7.20. The number of aromatic nitrogens is 1. The lowest BCUT2D eigenvalue weighted by Crippen LogP contribution is -2.52. The van der Waals surface area contributed by atoms with Crippen LogP contribution in [0.1, 0.15) is 38.2 Å². The molecule has 21 heavy (non-hydrogen) atoms. The number of halogens is 1. The minimum absolute atomic E-state index is 0.126. The summed E-state index contributed by atoms with van der Waals surface area (Å²) in [7, 11) is -3.27. The van der Waals surface area contributed by atoms with Gasteiger partial charge < -0.3 is 0 Å². The predicted octanol–water partition coefficient (Wildman–Crippen LogP) is 2.89. The molecule has 0 radical (unpaired) electrons. The number of hydrogen-bond donors (Lipinski definition) is 1. The Morgan fingerprint density at radius 2 is 1.95 bits per heavy atom. The van der Waals surface area contributed by atoms with Gasteiger partial charge in [0.2, 0.25) is 10.0 Å². The van der Waals surface area contributed by atoms with Crippen LogP contribution in [0, 0.1) is 5.92 Å². The van der Waals surface area contributed by atoms with E-state index in [4.69, 9.17) is 0 Å². The van der Waals surface area contributed by atoms with E-state index >= 15 is 0 Å². The highest BCUT2D eigenvalue weighted by Crippen LogP contribution is 2.33. The summed E-state index contributed by atoms with van der Waals surface area (Å²) in [4.78, 5) is 3.94. The molecule has 1 N–H and O–H groups in total. The quantitative estimate of drug-likeness (QED) is 0.778. The standard InChI is InChI=1S/C15H23BrN2O2S/c1-13-2-7-15(12-16,8-3-13)18-21(19,20)11-6-14-4-9-17-10-5-14/h4-5,9-10,13,18H,2-3,6-8,11-12H2,1H3. The molecule has 0 spiro atoms. The van der Waals surface area contributed by atoms with E-state index in [1.807, 2.05) is 12.1 Å². The fraction of sp³-hybridized carbons (Fsp3) is 0.667. The average Bonchev–Trinajstić information content (AvgIpc) is 2.49. The molecule has 4 nitrogen and oxygen atoms in total. The molecule has 0 aliphatic heterocycles. The first-order chi connectivity index (χ1) is 9.95. The van der Waals surface area contributed by atoms with E-state index in [0.717, 1.165) is 31.2 Å². The number of pyridine rings is 1. The molecule has 6 heteroatoms. The number of aryl methyl sites for hydroxylation is 1. The van der Waals surface area contributed by atoms with Crippen LogP contribution in [0.15, 0.2) is 24.5 Å². The van der Waals surface area contributed by atoms with E-state index in [9.17, 15) is 8.42 Å². The van der Waals surface area contributed by atoms with E-state index in [1.54, 1.807) is 12.4 Å². The van der Waals surface area contributed by atoms with Gasteiger partial charge in [-0.1, -0.05) is 22.9 Å². The number of hydrogen-bond acceptors (Lipinski definition) is 3. The number of nitrogens with zero attached hydrogens (tertiary/aromatic N) is 1. The zero-order chi connectivity index (χ0) is 15.3. The lowest BCUT2D eigenvalue weighted by molar-refractivity contribution is 0.250. The van der Waals surface area contributed by atoms with Crippen molar-refractivity contribution in [3.8, 4) is 0 Å². The van der Waals surface area contributed by atoms with Gasteiger partial charge >= 0.3 is 0 Å². The maximum Gasteiger partial charge on any atom is 0.212 e. The summed E-state index contributed by atoms with van der Waals surface area (Å²) in [5.74, 6) is 0.819. The largest absolute Gasteiger partial charge is 0.265 e. The number of nitrogens with one attached hydrogen (secondary N) is 1. The minimum atomic E-state index is -3.27. The van der Waals surface area contributed by atoms with E-state index < -0.39 is 10.0 Å². The zero-order valence-electron chi connectivity index (χ0n) is 12.4. The SMILES string of the molecule is CC1CCC(CBr)(NS(=O)(=O)CCc2ccncc2)CC1. The molecule has 118 valence electrons.